The van der Waals surface area contributed by atoms with E-state index in [0.29, 0.717) is 0 Å². The molecular formula is C23H20O3S. The number of fused-ring (bicyclic) bond motifs is 1. The maximum atomic E-state index is 10.8. The minimum Gasteiger partial charge on any atom is -0.282 e. The Morgan fingerprint density at radius 2 is 1.07 bits per heavy atom. The smallest absolute Gasteiger partial charge is 0.282 e. The second-order valence-corrected chi connectivity index (χ2v) is 7.55. The Balaban J connectivity index is 0.000000156. The molecule has 1 N–H and O–H groups in total. The average Bonchev–Trinajstić information content (AvgIpc) is 2.69. The fourth-order valence-electron chi connectivity index (χ4n) is 2.76. The number of rotatable bonds is 3. The van der Waals surface area contributed by atoms with Gasteiger partial charge < -0.3 is 0 Å². The number of benzene rings is 4. The molecule has 27 heavy (non-hydrogen) atoms. The van der Waals surface area contributed by atoms with Gasteiger partial charge in [-0.05, 0) is 40.5 Å². The maximum absolute atomic E-state index is 10.8. The van der Waals surface area contributed by atoms with Crippen molar-refractivity contribution in [1.29, 1.82) is 0 Å². The molecule has 4 aromatic rings. The van der Waals surface area contributed by atoms with Crippen molar-refractivity contribution >= 4 is 20.9 Å². The van der Waals surface area contributed by atoms with Crippen LogP contribution in [0.5, 0.6) is 0 Å². The summed E-state index contributed by atoms with van der Waals surface area (Å²) in [7, 11) is -4.09. The van der Waals surface area contributed by atoms with Crippen LogP contribution in [-0.4, -0.2) is 13.0 Å². The summed E-state index contributed by atoms with van der Waals surface area (Å²) in [4.78, 5) is -0.0730. The predicted molar refractivity (Wildman–Crippen MR) is 109 cm³/mol. The van der Waals surface area contributed by atoms with E-state index in [1.165, 1.54) is 23.3 Å². The minimum atomic E-state index is -4.09. The molecule has 136 valence electrons. The van der Waals surface area contributed by atoms with Crippen LogP contribution in [-0.2, 0) is 16.5 Å². The summed E-state index contributed by atoms with van der Waals surface area (Å²) >= 11 is 0. The zero-order valence-corrected chi connectivity index (χ0v) is 15.5. The van der Waals surface area contributed by atoms with Crippen LogP contribution in [0.3, 0.4) is 0 Å². The van der Waals surface area contributed by atoms with Gasteiger partial charge in [-0.3, -0.25) is 4.55 Å². The summed E-state index contributed by atoms with van der Waals surface area (Å²) < 4.78 is 30.5. The Hall–Kier alpha value is -2.95. The molecular weight excluding hydrogens is 356 g/mol. The molecule has 0 atom stereocenters. The lowest BCUT2D eigenvalue weighted by atomic mass is 10.1. The first-order valence-corrected chi connectivity index (χ1v) is 10.0. The van der Waals surface area contributed by atoms with E-state index in [1.807, 2.05) is 18.2 Å². The second kappa shape index (κ2) is 8.62. The zero-order chi connectivity index (χ0) is 19.1. The van der Waals surface area contributed by atoms with Crippen LogP contribution in [0.2, 0.25) is 0 Å². The molecule has 0 spiro atoms. The molecule has 4 aromatic carbocycles. The summed E-state index contributed by atoms with van der Waals surface area (Å²) in [6.07, 6.45) is 1.03. The van der Waals surface area contributed by atoms with Crippen molar-refractivity contribution in [2.75, 3.05) is 0 Å². The molecule has 0 saturated carbocycles. The lowest BCUT2D eigenvalue weighted by molar-refractivity contribution is 0.483. The van der Waals surface area contributed by atoms with Crippen LogP contribution in [0.4, 0.5) is 0 Å². The van der Waals surface area contributed by atoms with Crippen molar-refractivity contribution < 1.29 is 13.0 Å². The zero-order valence-electron chi connectivity index (χ0n) is 14.7. The van der Waals surface area contributed by atoms with E-state index in [1.54, 1.807) is 12.1 Å². The monoisotopic (exact) mass is 376 g/mol. The Labute approximate surface area is 159 Å². The van der Waals surface area contributed by atoms with E-state index in [-0.39, 0.29) is 4.90 Å². The quantitative estimate of drug-likeness (QED) is 0.490. The highest BCUT2D eigenvalue weighted by molar-refractivity contribution is 7.85. The highest BCUT2D eigenvalue weighted by atomic mass is 32.2. The van der Waals surface area contributed by atoms with E-state index in [2.05, 4.69) is 60.7 Å². The molecule has 3 nitrogen and oxygen atoms in total. The van der Waals surface area contributed by atoms with Crippen LogP contribution in [0.1, 0.15) is 11.1 Å². The predicted octanol–water partition coefficient (Wildman–Crippen LogP) is 5.36. The van der Waals surface area contributed by atoms with Crippen LogP contribution >= 0.6 is 0 Å². The third kappa shape index (κ3) is 5.51. The van der Waals surface area contributed by atoms with Crippen molar-refractivity contribution in [1.82, 2.24) is 0 Å². The van der Waals surface area contributed by atoms with E-state index >= 15 is 0 Å². The van der Waals surface area contributed by atoms with Gasteiger partial charge >= 0.3 is 0 Å². The van der Waals surface area contributed by atoms with Crippen molar-refractivity contribution in [2.45, 2.75) is 11.3 Å². The van der Waals surface area contributed by atoms with Gasteiger partial charge in [0, 0.05) is 0 Å². The normalized spacial score (nSPS) is 10.9. The van der Waals surface area contributed by atoms with E-state index in [9.17, 15) is 8.42 Å². The Bertz CT molecular complexity index is 1070. The Morgan fingerprint density at radius 3 is 1.59 bits per heavy atom. The largest absolute Gasteiger partial charge is 0.294 e. The first-order chi connectivity index (χ1) is 13.0. The molecule has 4 heteroatoms. The third-order valence-corrected chi connectivity index (χ3v) is 4.96. The molecule has 0 unspecified atom stereocenters. The van der Waals surface area contributed by atoms with Crippen LogP contribution in [0.15, 0.2) is 108 Å². The average molecular weight is 376 g/mol. The molecule has 0 amide bonds. The molecule has 0 aliphatic heterocycles. The second-order valence-electron chi connectivity index (χ2n) is 6.13. The molecule has 0 saturated heterocycles. The first kappa shape index (κ1) is 18.8. The van der Waals surface area contributed by atoms with Gasteiger partial charge in [-0.15, -0.1) is 0 Å². The minimum absolute atomic E-state index is 0.0730. The standard InChI is InChI=1S/C13H12.C10H8O3S/c1-3-7-12(8-4-1)11-13-9-5-2-6-10-13;11-14(12,13)10-6-5-8-3-1-2-4-9(8)7-10/h1-10H,11H2;1-7H,(H,11,12,13). The van der Waals surface area contributed by atoms with Crippen molar-refractivity contribution in [2.24, 2.45) is 0 Å². The summed E-state index contributed by atoms with van der Waals surface area (Å²) in [6, 6.07) is 32.9. The molecule has 0 fully saturated rings. The van der Waals surface area contributed by atoms with Crippen molar-refractivity contribution in [3.63, 3.8) is 0 Å². The molecule has 0 aliphatic carbocycles. The number of hydrogen-bond acceptors (Lipinski definition) is 2. The van der Waals surface area contributed by atoms with E-state index in [0.717, 1.165) is 17.2 Å². The van der Waals surface area contributed by atoms with Crippen LogP contribution in [0, 0.1) is 0 Å². The lowest BCUT2D eigenvalue weighted by Crippen LogP contribution is -1.97. The Kier molecular flexibility index (Phi) is 6.01. The highest BCUT2D eigenvalue weighted by Gasteiger charge is 2.08. The highest BCUT2D eigenvalue weighted by Crippen LogP contribution is 2.18. The SMILES string of the molecule is O=S(=O)(O)c1ccc2ccccc2c1.c1ccc(Cc2ccccc2)cc1. The summed E-state index contributed by atoms with van der Waals surface area (Å²) in [5.41, 5.74) is 2.74. The van der Waals surface area contributed by atoms with Crippen LogP contribution in [0.25, 0.3) is 10.8 Å². The van der Waals surface area contributed by atoms with Crippen molar-refractivity contribution in [3.05, 3.63) is 114 Å². The van der Waals surface area contributed by atoms with Gasteiger partial charge in [0.2, 0.25) is 0 Å². The van der Waals surface area contributed by atoms with Gasteiger partial charge in [-0.2, -0.15) is 8.42 Å². The van der Waals surface area contributed by atoms with Gasteiger partial charge in [-0.1, -0.05) is 91.0 Å². The van der Waals surface area contributed by atoms with Crippen LogP contribution < -0.4 is 0 Å². The molecule has 0 aromatic heterocycles. The van der Waals surface area contributed by atoms with Gasteiger partial charge in [0.15, 0.2) is 0 Å². The summed E-state index contributed by atoms with van der Waals surface area (Å²) in [5, 5.41) is 1.74. The molecule has 0 bridgehead atoms. The van der Waals surface area contributed by atoms with Crippen molar-refractivity contribution in [3.8, 4) is 0 Å². The summed E-state index contributed by atoms with van der Waals surface area (Å²) in [6.45, 7) is 0. The third-order valence-electron chi connectivity index (χ3n) is 4.11. The topological polar surface area (TPSA) is 54.4 Å². The lowest BCUT2D eigenvalue weighted by Gasteiger charge is -2.00. The summed E-state index contributed by atoms with van der Waals surface area (Å²) in [5.74, 6) is 0. The van der Waals surface area contributed by atoms with Gasteiger partial charge in [-0.25, -0.2) is 0 Å². The van der Waals surface area contributed by atoms with E-state index < -0.39 is 10.1 Å². The molecule has 4 rings (SSSR count). The van der Waals surface area contributed by atoms with Gasteiger partial charge in [0.05, 0.1) is 4.90 Å². The Morgan fingerprint density at radius 1 is 0.593 bits per heavy atom. The van der Waals surface area contributed by atoms with E-state index in [4.69, 9.17) is 4.55 Å². The fraction of sp³-hybridized carbons (Fsp3) is 0.0435. The molecule has 0 heterocycles. The molecule has 0 aliphatic rings. The maximum Gasteiger partial charge on any atom is 0.294 e. The van der Waals surface area contributed by atoms with Gasteiger partial charge in [0.1, 0.15) is 0 Å². The first-order valence-electron chi connectivity index (χ1n) is 8.56. The molecule has 0 radical (unpaired) electrons. The fourth-order valence-corrected chi connectivity index (χ4v) is 3.27. The number of hydrogen-bond donors (Lipinski definition) is 1. The van der Waals surface area contributed by atoms with Gasteiger partial charge in [0.25, 0.3) is 10.1 Å².